The molecule has 0 bridgehead atoms. The van der Waals surface area contributed by atoms with Crippen LogP contribution in [0.3, 0.4) is 0 Å². The fraction of sp³-hybridized carbons (Fsp3) is 0.500. The van der Waals surface area contributed by atoms with Crippen molar-refractivity contribution in [1.29, 1.82) is 0 Å². The van der Waals surface area contributed by atoms with Gasteiger partial charge in [0.25, 0.3) is 5.91 Å². The molecule has 1 fully saturated rings. The van der Waals surface area contributed by atoms with E-state index in [1.54, 1.807) is 19.1 Å². The van der Waals surface area contributed by atoms with Crippen molar-refractivity contribution in [3.8, 4) is 5.88 Å². The van der Waals surface area contributed by atoms with Gasteiger partial charge in [-0.2, -0.15) is 0 Å². The minimum absolute atomic E-state index is 0.0334. The van der Waals surface area contributed by atoms with Crippen LogP contribution in [0.4, 0.5) is 0 Å². The van der Waals surface area contributed by atoms with Crippen LogP contribution in [0.2, 0.25) is 0 Å². The Kier molecular flexibility index (Phi) is 3.49. The Bertz CT molecular complexity index is 600. The molecule has 1 atom stereocenters. The van der Waals surface area contributed by atoms with Gasteiger partial charge < -0.3 is 10.1 Å². The lowest BCUT2D eigenvalue weighted by Gasteiger charge is -2.24. The zero-order valence-corrected chi connectivity index (χ0v) is 11.7. The average Bonchev–Trinajstić information content (AvgIpc) is 2.63. The third-order valence-electron chi connectivity index (χ3n) is 3.13. The zero-order valence-electron chi connectivity index (χ0n) is 10.8. The normalized spacial score (nSPS) is 24.9. The summed E-state index contributed by atoms with van der Waals surface area (Å²) in [6.07, 6.45) is 1.95. The van der Waals surface area contributed by atoms with Crippen molar-refractivity contribution in [2.24, 2.45) is 0 Å². The summed E-state index contributed by atoms with van der Waals surface area (Å²) in [5.41, 5.74) is -0.424. The van der Waals surface area contributed by atoms with Crippen molar-refractivity contribution in [2.45, 2.75) is 18.9 Å². The van der Waals surface area contributed by atoms with Gasteiger partial charge in [0.2, 0.25) is 5.88 Å². The summed E-state index contributed by atoms with van der Waals surface area (Å²) in [7, 11) is -1.63. The first kappa shape index (κ1) is 13.8. The first-order valence-electron chi connectivity index (χ1n) is 5.87. The van der Waals surface area contributed by atoms with Crippen LogP contribution in [0.1, 0.15) is 23.7 Å². The summed E-state index contributed by atoms with van der Waals surface area (Å²) in [6, 6.07) is 3.22. The molecule has 2 rings (SSSR count). The maximum atomic E-state index is 12.2. The number of methoxy groups -OCH3 is 1. The molecule has 0 aromatic carbocycles. The van der Waals surface area contributed by atoms with Gasteiger partial charge in [0.1, 0.15) is 5.56 Å². The van der Waals surface area contributed by atoms with E-state index in [0.29, 0.717) is 12.0 Å². The Hall–Kier alpha value is -1.63. The minimum atomic E-state index is -3.06. The lowest BCUT2D eigenvalue weighted by atomic mass is 10.0. The smallest absolute Gasteiger partial charge is 0.257 e. The molecule has 19 heavy (non-hydrogen) atoms. The maximum Gasteiger partial charge on any atom is 0.257 e. The van der Waals surface area contributed by atoms with Crippen LogP contribution in [0, 0.1) is 0 Å². The minimum Gasteiger partial charge on any atom is -0.480 e. The molecule has 104 valence electrons. The number of pyridine rings is 1. The van der Waals surface area contributed by atoms with E-state index in [1.165, 1.54) is 13.3 Å². The van der Waals surface area contributed by atoms with Crippen molar-refractivity contribution >= 4 is 15.7 Å². The summed E-state index contributed by atoms with van der Waals surface area (Å²) < 4.78 is 28.0. The van der Waals surface area contributed by atoms with E-state index >= 15 is 0 Å². The summed E-state index contributed by atoms with van der Waals surface area (Å²) in [5.74, 6) is -0.0727. The van der Waals surface area contributed by atoms with Crippen molar-refractivity contribution in [2.75, 3.05) is 18.6 Å². The summed E-state index contributed by atoms with van der Waals surface area (Å²) in [4.78, 5) is 16.1. The highest BCUT2D eigenvalue weighted by molar-refractivity contribution is 7.91. The fourth-order valence-corrected chi connectivity index (χ4v) is 4.27. The van der Waals surface area contributed by atoms with Crippen LogP contribution < -0.4 is 10.1 Å². The molecule has 0 aliphatic carbocycles. The molecule has 1 aromatic rings. The molecule has 1 unspecified atom stereocenters. The number of rotatable bonds is 3. The Balaban J connectivity index is 2.18. The lowest BCUT2D eigenvalue weighted by Crippen LogP contribution is -2.47. The Morgan fingerprint density at radius 3 is 2.84 bits per heavy atom. The van der Waals surface area contributed by atoms with Gasteiger partial charge in [-0.3, -0.25) is 4.79 Å². The maximum absolute atomic E-state index is 12.2. The van der Waals surface area contributed by atoms with Gasteiger partial charge >= 0.3 is 0 Å². The summed E-state index contributed by atoms with van der Waals surface area (Å²) in [5, 5.41) is 2.76. The van der Waals surface area contributed by atoms with Gasteiger partial charge in [0.05, 0.1) is 24.2 Å². The highest BCUT2D eigenvalue weighted by Gasteiger charge is 2.39. The highest BCUT2D eigenvalue weighted by Crippen LogP contribution is 2.24. The van der Waals surface area contributed by atoms with Gasteiger partial charge in [-0.15, -0.1) is 0 Å². The number of sulfone groups is 1. The number of carbonyl (C=O) groups is 1. The van der Waals surface area contributed by atoms with Crippen molar-refractivity contribution < 1.29 is 17.9 Å². The van der Waals surface area contributed by atoms with Crippen molar-refractivity contribution in [3.05, 3.63) is 23.9 Å². The number of nitrogens with zero attached hydrogens (tertiary/aromatic N) is 1. The van der Waals surface area contributed by atoms with Gasteiger partial charge in [0, 0.05) is 6.20 Å². The first-order valence-corrected chi connectivity index (χ1v) is 7.69. The molecule has 0 saturated carbocycles. The summed E-state index contributed by atoms with van der Waals surface area (Å²) >= 11 is 0. The van der Waals surface area contributed by atoms with Crippen molar-refractivity contribution in [1.82, 2.24) is 10.3 Å². The van der Waals surface area contributed by atoms with E-state index in [4.69, 9.17) is 4.74 Å². The van der Waals surface area contributed by atoms with Crippen LogP contribution in [-0.4, -0.2) is 43.5 Å². The molecule has 7 heteroatoms. The van der Waals surface area contributed by atoms with Gasteiger partial charge in [-0.05, 0) is 25.5 Å². The first-order chi connectivity index (χ1) is 8.85. The van der Waals surface area contributed by atoms with Gasteiger partial charge in [-0.1, -0.05) is 0 Å². The average molecular weight is 284 g/mol. The molecule has 0 radical (unpaired) electrons. The number of hydrogen-bond donors (Lipinski definition) is 1. The molecule has 6 nitrogen and oxygen atoms in total. The van der Waals surface area contributed by atoms with Crippen LogP contribution in [0.15, 0.2) is 18.3 Å². The predicted octanol–water partition coefficient (Wildman–Crippen LogP) is 0.397. The standard InChI is InChI=1S/C12H16N2O4S/c1-12(5-7-19(16,17)8-12)14-10(15)9-4-3-6-13-11(9)18-2/h3-4,6H,5,7-8H2,1-2H3,(H,14,15). The van der Waals surface area contributed by atoms with Crippen LogP contribution in [-0.2, 0) is 9.84 Å². The number of amides is 1. The predicted molar refractivity (Wildman–Crippen MR) is 69.9 cm³/mol. The van der Waals surface area contributed by atoms with E-state index in [-0.39, 0.29) is 23.3 Å². The molecular weight excluding hydrogens is 268 g/mol. The molecule has 1 N–H and O–H groups in total. The number of carbonyl (C=O) groups excluding carboxylic acids is 1. The fourth-order valence-electron chi connectivity index (χ4n) is 2.18. The second kappa shape index (κ2) is 4.80. The largest absolute Gasteiger partial charge is 0.480 e. The van der Waals surface area contributed by atoms with E-state index in [0.717, 1.165) is 0 Å². The van der Waals surface area contributed by atoms with E-state index in [1.807, 2.05) is 0 Å². The Morgan fingerprint density at radius 1 is 1.53 bits per heavy atom. The monoisotopic (exact) mass is 284 g/mol. The molecule has 1 amide bonds. The topological polar surface area (TPSA) is 85.4 Å². The molecule has 1 saturated heterocycles. The zero-order chi connectivity index (χ0) is 14.1. The van der Waals surface area contributed by atoms with Crippen LogP contribution >= 0.6 is 0 Å². The summed E-state index contributed by atoms with van der Waals surface area (Å²) in [6.45, 7) is 1.73. The highest BCUT2D eigenvalue weighted by atomic mass is 32.2. The van der Waals surface area contributed by atoms with Crippen LogP contribution in [0.5, 0.6) is 5.88 Å². The number of hydrogen-bond acceptors (Lipinski definition) is 5. The molecule has 1 aliphatic rings. The Labute approximate surface area is 112 Å². The third kappa shape index (κ3) is 3.04. The number of ether oxygens (including phenoxy) is 1. The number of nitrogens with one attached hydrogen (secondary N) is 1. The molecule has 1 aromatic heterocycles. The van der Waals surface area contributed by atoms with Crippen molar-refractivity contribution in [3.63, 3.8) is 0 Å². The van der Waals surface area contributed by atoms with Gasteiger partial charge in [0.15, 0.2) is 9.84 Å². The molecular formula is C12H16N2O4S. The lowest BCUT2D eigenvalue weighted by molar-refractivity contribution is 0.0911. The quantitative estimate of drug-likeness (QED) is 0.868. The van der Waals surface area contributed by atoms with E-state index in [2.05, 4.69) is 10.3 Å². The van der Waals surface area contributed by atoms with Crippen LogP contribution in [0.25, 0.3) is 0 Å². The van der Waals surface area contributed by atoms with E-state index < -0.39 is 15.4 Å². The number of aromatic nitrogens is 1. The third-order valence-corrected chi connectivity index (χ3v) is 5.03. The second-order valence-corrected chi connectivity index (χ2v) is 7.10. The second-order valence-electron chi connectivity index (χ2n) is 4.92. The molecule has 2 heterocycles. The van der Waals surface area contributed by atoms with E-state index in [9.17, 15) is 13.2 Å². The van der Waals surface area contributed by atoms with Gasteiger partial charge in [-0.25, -0.2) is 13.4 Å². The molecule has 1 aliphatic heterocycles. The molecule has 0 spiro atoms. The SMILES string of the molecule is COc1ncccc1C(=O)NC1(C)CCS(=O)(=O)C1. The Morgan fingerprint density at radius 2 is 2.26 bits per heavy atom.